The maximum Gasteiger partial charge on any atom is 0.391 e. The molecule has 0 radical (unpaired) electrons. The van der Waals surface area contributed by atoms with Gasteiger partial charge in [0.1, 0.15) is 0 Å². The van der Waals surface area contributed by atoms with Crippen LogP contribution in [0, 0.1) is 11.8 Å². The Morgan fingerprint density at radius 3 is 2.14 bits per heavy atom. The third-order valence-electron chi connectivity index (χ3n) is 5.67. The van der Waals surface area contributed by atoms with Crippen LogP contribution in [0.3, 0.4) is 0 Å². The van der Waals surface area contributed by atoms with Crippen molar-refractivity contribution in [3.05, 3.63) is 0 Å². The largest absolute Gasteiger partial charge is 0.391 e. The van der Waals surface area contributed by atoms with Gasteiger partial charge in [0.2, 0.25) is 0 Å². The normalized spacial score (nSPS) is 39.1. The lowest BCUT2D eigenvalue weighted by atomic mass is 9.75. The van der Waals surface area contributed by atoms with Crippen molar-refractivity contribution in [2.24, 2.45) is 17.6 Å². The van der Waals surface area contributed by atoms with Crippen LogP contribution in [-0.2, 0) is 0 Å². The number of hydrogen-bond acceptors (Lipinski definition) is 3. The van der Waals surface area contributed by atoms with Gasteiger partial charge in [-0.1, -0.05) is 6.92 Å². The van der Waals surface area contributed by atoms with Crippen molar-refractivity contribution in [2.75, 3.05) is 33.7 Å². The van der Waals surface area contributed by atoms with Crippen molar-refractivity contribution in [2.45, 2.75) is 50.4 Å². The summed E-state index contributed by atoms with van der Waals surface area (Å²) in [6, 6.07) is 0.466. The summed E-state index contributed by atoms with van der Waals surface area (Å²) < 4.78 is 38.6. The lowest BCUT2D eigenvalue weighted by molar-refractivity contribution is -0.188. The Labute approximate surface area is 125 Å². The molecule has 6 heteroatoms. The topological polar surface area (TPSA) is 32.5 Å². The van der Waals surface area contributed by atoms with Crippen molar-refractivity contribution < 1.29 is 13.2 Å². The smallest absolute Gasteiger partial charge is 0.329 e. The van der Waals surface area contributed by atoms with Gasteiger partial charge in [-0.05, 0) is 45.7 Å². The third kappa shape index (κ3) is 3.37. The molecule has 2 atom stereocenters. The van der Waals surface area contributed by atoms with Crippen LogP contribution in [0.4, 0.5) is 13.2 Å². The van der Waals surface area contributed by atoms with Crippen molar-refractivity contribution in [1.29, 1.82) is 0 Å². The van der Waals surface area contributed by atoms with E-state index in [1.165, 1.54) is 0 Å². The highest BCUT2D eigenvalue weighted by molar-refractivity contribution is 5.02. The molecule has 1 aliphatic carbocycles. The first-order valence-corrected chi connectivity index (χ1v) is 7.88. The summed E-state index contributed by atoms with van der Waals surface area (Å²) in [7, 11) is 4.14. The summed E-state index contributed by atoms with van der Waals surface area (Å²) in [6.45, 7) is 4.54. The van der Waals surface area contributed by atoms with Gasteiger partial charge in [-0.25, -0.2) is 0 Å². The van der Waals surface area contributed by atoms with Crippen LogP contribution < -0.4 is 5.73 Å². The van der Waals surface area contributed by atoms with Crippen LogP contribution in [0.2, 0.25) is 0 Å². The minimum absolute atomic E-state index is 0.220. The average Bonchev–Trinajstić information content (AvgIpc) is 2.80. The monoisotopic (exact) mass is 307 g/mol. The molecule has 2 fully saturated rings. The number of rotatable bonds is 3. The van der Waals surface area contributed by atoms with E-state index < -0.39 is 12.1 Å². The Balaban J connectivity index is 2.04. The fourth-order valence-corrected chi connectivity index (χ4v) is 4.14. The van der Waals surface area contributed by atoms with Crippen LogP contribution in [0.1, 0.15) is 32.6 Å². The second-order valence-corrected chi connectivity index (χ2v) is 7.16. The van der Waals surface area contributed by atoms with Crippen molar-refractivity contribution >= 4 is 0 Å². The van der Waals surface area contributed by atoms with E-state index in [-0.39, 0.29) is 18.4 Å². The quantitative estimate of drug-likeness (QED) is 0.868. The zero-order valence-electron chi connectivity index (χ0n) is 13.3. The standard InChI is InChI=1S/C15H28F3N3/c1-11-8-21(9-13(11)20(2)3)14(10-19)6-4-12(5-7-14)15(16,17)18/h11-13H,4-10,19H2,1-3H3. The molecule has 0 spiro atoms. The lowest BCUT2D eigenvalue weighted by Gasteiger charge is -2.46. The summed E-state index contributed by atoms with van der Waals surface area (Å²) in [6.07, 6.45) is -2.47. The fraction of sp³-hybridized carbons (Fsp3) is 1.00. The predicted molar refractivity (Wildman–Crippen MR) is 78.0 cm³/mol. The van der Waals surface area contributed by atoms with Crippen LogP contribution in [0.15, 0.2) is 0 Å². The average molecular weight is 307 g/mol. The SMILES string of the molecule is CC1CN(C2(CN)CCC(C(F)(F)F)CC2)CC1N(C)C. The highest BCUT2D eigenvalue weighted by Crippen LogP contribution is 2.44. The van der Waals surface area contributed by atoms with Gasteiger partial charge < -0.3 is 10.6 Å². The summed E-state index contributed by atoms with van der Waals surface area (Å²) in [5, 5.41) is 0. The van der Waals surface area contributed by atoms with Crippen molar-refractivity contribution in [3.63, 3.8) is 0 Å². The van der Waals surface area contributed by atoms with Crippen LogP contribution >= 0.6 is 0 Å². The van der Waals surface area contributed by atoms with Gasteiger partial charge in [-0.15, -0.1) is 0 Å². The number of likely N-dealkylation sites (tertiary alicyclic amines) is 1. The molecule has 1 saturated carbocycles. The van der Waals surface area contributed by atoms with E-state index in [1.54, 1.807) is 0 Å². The van der Waals surface area contributed by atoms with Gasteiger partial charge in [-0.3, -0.25) is 4.90 Å². The minimum Gasteiger partial charge on any atom is -0.329 e. The van der Waals surface area contributed by atoms with E-state index >= 15 is 0 Å². The minimum atomic E-state index is -4.05. The Morgan fingerprint density at radius 1 is 1.19 bits per heavy atom. The van der Waals surface area contributed by atoms with Gasteiger partial charge in [-0.2, -0.15) is 13.2 Å². The Hall–Kier alpha value is -0.330. The van der Waals surface area contributed by atoms with E-state index in [0.29, 0.717) is 31.3 Å². The molecule has 0 amide bonds. The molecule has 0 bridgehead atoms. The Morgan fingerprint density at radius 2 is 1.76 bits per heavy atom. The van der Waals surface area contributed by atoms with Gasteiger partial charge in [0, 0.05) is 31.2 Å². The number of likely N-dealkylation sites (N-methyl/N-ethyl adjacent to an activating group) is 1. The molecular formula is C15H28F3N3. The molecule has 124 valence electrons. The van der Waals surface area contributed by atoms with Crippen LogP contribution in [-0.4, -0.2) is 61.3 Å². The van der Waals surface area contributed by atoms with E-state index in [4.69, 9.17) is 5.73 Å². The number of nitrogens with zero attached hydrogens (tertiary/aromatic N) is 2. The second-order valence-electron chi connectivity index (χ2n) is 7.16. The molecule has 2 rings (SSSR count). The molecule has 3 nitrogen and oxygen atoms in total. The fourth-order valence-electron chi connectivity index (χ4n) is 4.14. The highest BCUT2D eigenvalue weighted by Gasteiger charge is 2.49. The molecule has 1 aliphatic heterocycles. The molecule has 2 unspecified atom stereocenters. The maximum atomic E-state index is 12.9. The van der Waals surface area contributed by atoms with Crippen LogP contribution in [0.25, 0.3) is 0 Å². The summed E-state index contributed by atoms with van der Waals surface area (Å²) in [4.78, 5) is 4.59. The summed E-state index contributed by atoms with van der Waals surface area (Å²) in [5.74, 6) is -0.606. The van der Waals surface area contributed by atoms with Crippen LogP contribution in [0.5, 0.6) is 0 Å². The maximum absolute atomic E-state index is 12.9. The molecular weight excluding hydrogens is 279 g/mol. The van der Waals surface area contributed by atoms with Crippen molar-refractivity contribution in [3.8, 4) is 0 Å². The summed E-state index contributed by atoms with van der Waals surface area (Å²) >= 11 is 0. The van der Waals surface area contributed by atoms with Gasteiger partial charge in [0.25, 0.3) is 0 Å². The summed E-state index contributed by atoms with van der Waals surface area (Å²) in [5.41, 5.74) is 5.78. The zero-order valence-corrected chi connectivity index (χ0v) is 13.3. The first-order valence-electron chi connectivity index (χ1n) is 7.88. The molecule has 0 aromatic heterocycles. The second kappa shape index (κ2) is 6.05. The van der Waals surface area contributed by atoms with Gasteiger partial charge in [0.05, 0.1) is 5.92 Å². The van der Waals surface area contributed by atoms with Gasteiger partial charge in [0.15, 0.2) is 0 Å². The first kappa shape index (κ1) is 17.0. The first-order chi connectivity index (χ1) is 9.69. The Bertz CT molecular complexity index is 349. The third-order valence-corrected chi connectivity index (χ3v) is 5.67. The molecule has 2 N–H and O–H groups in total. The highest BCUT2D eigenvalue weighted by atomic mass is 19.4. The molecule has 21 heavy (non-hydrogen) atoms. The van der Waals surface area contributed by atoms with Crippen molar-refractivity contribution in [1.82, 2.24) is 9.80 Å². The molecule has 1 saturated heterocycles. The van der Waals surface area contributed by atoms with E-state index in [9.17, 15) is 13.2 Å². The van der Waals surface area contributed by atoms with E-state index in [2.05, 4.69) is 30.8 Å². The number of halogens is 3. The Kier molecular flexibility index (Phi) is 4.90. The predicted octanol–water partition coefficient (Wildman–Crippen LogP) is 2.32. The number of alkyl halides is 3. The lowest BCUT2D eigenvalue weighted by Crippen LogP contribution is -2.56. The van der Waals surface area contributed by atoms with Gasteiger partial charge >= 0.3 is 6.18 Å². The number of hydrogen-bond donors (Lipinski definition) is 1. The molecule has 0 aromatic carbocycles. The van der Waals surface area contributed by atoms with E-state index in [1.807, 2.05) is 0 Å². The van der Waals surface area contributed by atoms with E-state index in [0.717, 1.165) is 13.1 Å². The molecule has 1 heterocycles. The zero-order chi connectivity index (χ0) is 15.8. The molecule has 2 aliphatic rings. The number of nitrogens with two attached hydrogens (primary N) is 1. The molecule has 0 aromatic rings.